The third-order valence-corrected chi connectivity index (χ3v) is 4.82. The number of amides is 1. The van der Waals surface area contributed by atoms with Crippen molar-refractivity contribution in [2.75, 3.05) is 13.7 Å². The minimum absolute atomic E-state index is 0.0307. The van der Waals surface area contributed by atoms with Gasteiger partial charge < -0.3 is 14.7 Å². The van der Waals surface area contributed by atoms with Gasteiger partial charge in [-0.15, -0.1) is 0 Å². The molecule has 0 aliphatic carbocycles. The van der Waals surface area contributed by atoms with E-state index in [1.807, 2.05) is 6.92 Å². The molecule has 1 aliphatic rings. The molecule has 146 valence electrons. The summed E-state index contributed by atoms with van der Waals surface area (Å²) in [6, 6.07) is 11.5. The van der Waals surface area contributed by atoms with Gasteiger partial charge in [-0.05, 0) is 48.4 Å². The minimum atomic E-state index is -0.829. The van der Waals surface area contributed by atoms with Gasteiger partial charge in [-0.25, -0.2) is 4.39 Å². The van der Waals surface area contributed by atoms with Gasteiger partial charge in [0.1, 0.15) is 17.3 Å². The van der Waals surface area contributed by atoms with Crippen molar-refractivity contribution in [1.29, 1.82) is 0 Å². The van der Waals surface area contributed by atoms with Gasteiger partial charge in [0.25, 0.3) is 11.7 Å². The van der Waals surface area contributed by atoms with Crippen molar-refractivity contribution in [3.05, 3.63) is 71.0 Å². The zero-order valence-electron chi connectivity index (χ0n) is 15.8. The number of likely N-dealkylation sites (tertiary alicyclic amines) is 1. The monoisotopic (exact) mass is 383 g/mol. The zero-order valence-corrected chi connectivity index (χ0v) is 15.8. The second-order valence-electron chi connectivity index (χ2n) is 6.63. The Morgan fingerprint density at radius 3 is 2.50 bits per heavy atom. The third-order valence-electron chi connectivity index (χ3n) is 4.82. The SMILES string of the molecule is CCCCN1C(=O)C(=O)C(=C(O)c2ccc(OC)cc2)[C@@H]1c1cccc(F)c1. The van der Waals surface area contributed by atoms with Gasteiger partial charge in [-0.2, -0.15) is 0 Å². The fraction of sp³-hybridized carbons (Fsp3) is 0.273. The Labute approximate surface area is 163 Å². The van der Waals surface area contributed by atoms with Crippen LogP contribution in [0.15, 0.2) is 54.1 Å². The first-order valence-corrected chi connectivity index (χ1v) is 9.16. The molecule has 0 bridgehead atoms. The molecule has 1 aliphatic heterocycles. The van der Waals surface area contributed by atoms with Crippen molar-refractivity contribution in [3.8, 4) is 5.75 Å². The Morgan fingerprint density at radius 1 is 1.18 bits per heavy atom. The zero-order chi connectivity index (χ0) is 20.3. The number of carbonyl (C=O) groups excluding carboxylic acids is 2. The standard InChI is InChI=1S/C22H22FNO4/c1-3-4-12-24-19(15-6-5-7-16(23)13-15)18(21(26)22(24)27)20(25)14-8-10-17(28-2)11-9-14/h5-11,13,19,25H,3-4,12H2,1-2H3/t19-/m0/s1. The van der Waals surface area contributed by atoms with E-state index in [2.05, 4.69) is 0 Å². The number of nitrogens with zero attached hydrogens (tertiary/aromatic N) is 1. The van der Waals surface area contributed by atoms with Gasteiger partial charge in [-0.3, -0.25) is 9.59 Å². The lowest BCUT2D eigenvalue weighted by molar-refractivity contribution is -0.139. The van der Waals surface area contributed by atoms with E-state index >= 15 is 0 Å². The highest BCUT2D eigenvalue weighted by Crippen LogP contribution is 2.39. The molecule has 1 N–H and O–H groups in total. The Balaban J connectivity index is 2.14. The number of aliphatic hydroxyl groups excluding tert-OH is 1. The normalized spacial score (nSPS) is 18.5. The van der Waals surface area contributed by atoms with Crippen LogP contribution in [-0.4, -0.2) is 35.4 Å². The van der Waals surface area contributed by atoms with E-state index in [1.54, 1.807) is 30.3 Å². The molecule has 0 saturated carbocycles. The summed E-state index contributed by atoms with van der Waals surface area (Å²) in [7, 11) is 1.53. The topological polar surface area (TPSA) is 66.8 Å². The van der Waals surface area contributed by atoms with Gasteiger partial charge in [0.15, 0.2) is 0 Å². The first-order chi connectivity index (χ1) is 13.5. The lowest BCUT2D eigenvalue weighted by Gasteiger charge is -2.25. The summed E-state index contributed by atoms with van der Waals surface area (Å²) in [5, 5.41) is 10.9. The van der Waals surface area contributed by atoms with E-state index < -0.39 is 23.5 Å². The number of Topliss-reactive ketones (excluding diaryl/α,β-unsaturated/α-hetero) is 1. The summed E-state index contributed by atoms with van der Waals surface area (Å²) in [5.74, 6) is -1.60. The smallest absolute Gasteiger partial charge is 0.295 e. The average Bonchev–Trinajstić information content (AvgIpc) is 2.96. The highest BCUT2D eigenvalue weighted by Gasteiger charge is 2.45. The lowest BCUT2D eigenvalue weighted by Crippen LogP contribution is -2.30. The van der Waals surface area contributed by atoms with Crippen LogP contribution in [0.1, 0.15) is 36.9 Å². The van der Waals surface area contributed by atoms with Crippen LogP contribution in [0.3, 0.4) is 0 Å². The van der Waals surface area contributed by atoms with Crippen LogP contribution in [0.4, 0.5) is 4.39 Å². The van der Waals surface area contributed by atoms with Gasteiger partial charge in [0.2, 0.25) is 0 Å². The molecule has 0 aromatic heterocycles. The molecule has 6 heteroatoms. The molecule has 1 fully saturated rings. The molecule has 28 heavy (non-hydrogen) atoms. The number of carbonyl (C=O) groups is 2. The molecule has 1 amide bonds. The van der Waals surface area contributed by atoms with Crippen LogP contribution in [0.2, 0.25) is 0 Å². The number of methoxy groups -OCH3 is 1. The van der Waals surface area contributed by atoms with E-state index in [4.69, 9.17) is 4.74 Å². The molecule has 3 rings (SSSR count). The maximum atomic E-state index is 13.8. The predicted octanol–water partition coefficient (Wildman–Crippen LogP) is 4.06. The lowest BCUT2D eigenvalue weighted by atomic mass is 9.95. The first-order valence-electron chi connectivity index (χ1n) is 9.16. The van der Waals surface area contributed by atoms with Crippen LogP contribution in [-0.2, 0) is 9.59 Å². The van der Waals surface area contributed by atoms with Crippen molar-refractivity contribution in [2.24, 2.45) is 0 Å². The molecule has 1 saturated heterocycles. The molecule has 1 heterocycles. The molecule has 0 unspecified atom stereocenters. The largest absolute Gasteiger partial charge is 0.507 e. The van der Waals surface area contributed by atoms with Crippen molar-refractivity contribution in [2.45, 2.75) is 25.8 Å². The van der Waals surface area contributed by atoms with E-state index in [-0.39, 0.29) is 11.3 Å². The number of rotatable bonds is 6. The van der Waals surface area contributed by atoms with Crippen LogP contribution < -0.4 is 4.74 Å². The molecule has 2 aromatic carbocycles. The van der Waals surface area contributed by atoms with Crippen LogP contribution in [0.5, 0.6) is 5.75 Å². The Bertz CT molecular complexity index is 920. The Kier molecular flexibility index (Phi) is 5.78. The fourth-order valence-electron chi connectivity index (χ4n) is 3.37. The highest BCUT2D eigenvalue weighted by atomic mass is 19.1. The van der Waals surface area contributed by atoms with Gasteiger partial charge in [-0.1, -0.05) is 25.5 Å². The fourth-order valence-corrected chi connectivity index (χ4v) is 3.37. The number of halogens is 1. The molecule has 0 radical (unpaired) electrons. The van der Waals surface area contributed by atoms with Gasteiger partial charge in [0.05, 0.1) is 18.7 Å². The Hall–Kier alpha value is -3.15. The third kappa shape index (κ3) is 3.63. The summed E-state index contributed by atoms with van der Waals surface area (Å²) in [5.41, 5.74) is 0.804. The van der Waals surface area contributed by atoms with E-state index in [1.165, 1.54) is 30.2 Å². The number of hydrogen-bond donors (Lipinski definition) is 1. The minimum Gasteiger partial charge on any atom is -0.507 e. The molecule has 0 spiro atoms. The average molecular weight is 383 g/mol. The predicted molar refractivity (Wildman–Crippen MR) is 103 cm³/mol. The van der Waals surface area contributed by atoms with Gasteiger partial charge >= 0.3 is 0 Å². The number of aliphatic hydroxyl groups is 1. The number of ketones is 1. The van der Waals surface area contributed by atoms with Gasteiger partial charge in [0, 0.05) is 12.1 Å². The highest BCUT2D eigenvalue weighted by molar-refractivity contribution is 6.46. The molecular formula is C22H22FNO4. The van der Waals surface area contributed by atoms with Crippen LogP contribution in [0.25, 0.3) is 5.76 Å². The molecule has 2 aromatic rings. The van der Waals surface area contributed by atoms with Crippen molar-refractivity contribution in [3.63, 3.8) is 0 Å². The second kappa shape index (κ2) is 8.25. The Morgan fingerprint density at radius 2 is 1.89 bits per heavy atom. The summed E-state index contributed by atoms with van der Waals surface area (Å²) >= 11 is 0. The summed E-state index contributed by atoms with van der Waals surface area (Å²) < 4.78 is 19.0. The second-order valence-corrected chi connectivity index (χ2v) is 6.63. The maximum absolute atomic E-state index is 13.8. The van der Waals surface area contributed by atoms with Crippen molar-refractivity contribution < 1.29 is 23.8 Å². The summed E-state index contributed by atoms with van der Waals surface area (Å²) in [6.07, 6.45) is 1.53. The number of benzene rings is 2. The quantitative estimate of drug-likeness (QED) is 0.464. The summed E-state index contributed by atoms with van der Waals surface area (Å²) in [6.45, 7) is 2.33. The maximum Gasteiger partial charge on any atom is 0.295 e. The number of hydrogen-bond acceptors (Lipinski definition) is 4. The van der Waals surface area contributed by atoms with Crippen LogP contribution >= 0.6 is 0 Å². The first kappa shape index (κ1) is 19.6. The molecular weight excluding hydrogens is 361 g/mol. The van der Waals surface area contributed by atoms with Crippen LogP contribution in [0, 0.1) is 5.82 Å². The van der Waals surface area contributed by atoms with E-state index in [0.717, 1.165) is 6.42 Å². The molecule has 1 atom stereocenters. The van der Waals surface area contributed by atoms with E-state index in [0.29, 0.717) is 29.8 Å². The van der Waals surface area contributed by atoms with Crippen molar-refractivity contribution in [1.82, 2.24) is 4.90 Å². The van der Waals surface area contributed by atoms with E-state index in [9.17, 15) is 19.1 Å². The summed E-state index contributed by atoms with van der Waals surface area (Å²) in [4.78, 5) is 26.8. The number of unbranched alkanes of at least 4 members (excludes halogenated alkanes) is 1. The number of ether oxygens (including phenoxy) is 1. The molecule has 5 nitrogen and oxygen atoms in total. The van der Waals surface area contributed by atoms with Crippen molar-refractivity contribution >= 4 is 17.4 Å².